The first kappa shape index (κ1) is 21.6. The Kier molecular flexibility index (Phi) is 5.57. The molecule has 0 saturated heterocycles. The SMILES string of the molecule is CC(CCC(=O)O)[C@H]1CC[C@H]2[C@@H]3[C@H](O)[C@@H](O)[C@@H]4C[C@H](O)CC[C@]4(C)[C@H]3CC[C@]12C. The predicted octanol–water partition coefficient (Wildman–Crippen LogP) is 3.45. The molecule has 4 aliphatic rings. The Labute approximate surface area is 174 Å². The second kappa shape index (κ2) is 7.49. The summed E-state index contributed by atoms with van der Waals surface area (Å²) in [6.45, 7) is 6.89. The van der Waals surface area contributed by atoms with E-state index in [2.05, 4.69) is 20.8 Å². The van der Waals surface area contributed by atoms with Crippen molar-refractivity contribution < 1.29 is 25.2 Å². The van der Waals surface area contributed by atoms with Gasteiger partial charge in [-0.25, -0.2) is 0 Å². The zero-order valence-electron chi connectivity index (χ0n) is 18.3. The highest BCUT2D eigenvalue weighted by Crippen LogP contribution is 2.68. The van der Waals surface area contributed by atoms with E-state index in [1.165, 1.54) is 0 Å². The molecule has 0 aromatic rings. The largest absolute Gasteiger partial charge is 0.481 e. The van der Waals surface area contributed by atoms with Crippen LogP contribution in [0.5, 0.6) is 0 Å². The number of rotatable bonds is 4. The number of aliphatic carboxylic acids is 1. The molecule has 5 heteroatoms. The number of hydrogen-bond acceptors (Lipinski definition) is 4. The molecule has 29 heavy (non-hydrogen) atoms. The van der Waals surface area contributed by atoms with E-state index in [9.17, 15) is 20.1 Å². The molecule has 0 heterocycles. The number of carboxylic acid groups (broad SMARTS) is 1. The van der Waals surface area contributed by atoms with Gasteiger partial charge in [-0.05, 0) is 97.7 Å². The van der Waals surface area contributed by atoms with Gasteiger partial charge in [-0.15, -0.1) is 0 Å². The van der Waals surface area contributed by atoms with Crippen LogP contribution in [0.25, 0.3) is 0 Å². The van der Waals surface area contributed by atoms with Crippen LogP contribution in [0.2, 0.25) is 0 Å². The van der Waals surface area contributed by atoms with Gasteiger partial charge in [0.05, 0.1) is 18.3 Å². The minimum Gasteiger partial charge on any atom is -0.481 e. The van der Waals surface area contributed by atoms with E-state index in [1.807, 2.05) is 0 Å². The van der Waals surface area contributed by atoms with Crippen molar-refractivity contribution in [1.29, 1.82) is 0 Å². The van der Waals surface area contributed by atoms with Gasteiger partial charge < -0.3 is 20.4 Å². The molecule has 0 amide bonds. The van der Waals surface area contributed by atoms with E-state index < -0.39 is 18.2 Å². The van der Waals surface area contributed by atoms with Crippen LogP contribution in [-0.2, 0) is 4.79 Å². The molecule has 0 spiro atoms. The van der Waals surface area contributed by atoms with Crippen LogP contribution in [0.4, 0.5) is 0 Å². The number of aliphatic hydroxyl groups excluding tert-OH is 3. The normalized spacial score (nSPS) is 52.9. The molecule has 11 atom stereocenters. The highest BCUT2D eigenvalue weighted by molar-refractivity contribution is 5.66. The molecule has 0 bridgehead atoms. The molecule has 0 aromatic heterocycles. The fourth-order valence-corrected chi connectivity index (χ4v) is 8.77. The summed E-state index contributed by atoms with van der Waals surface area (Å²) in [5, 5.41) is 41.7. The maximum atomic E-state index is 11.3. The van der Waals surface area contributed by atoms with Crippen molar-refractivity contribution in [1.82, 2.24) is 0 Å². The molecule has 0 aromatic carbocycles. The molecule has 4 rings (SSSR count). The van der Waals surface area contributed by atoms with Crippen molar-refractivity contribution in [3.05, 3.63) is 0 Å². The van der Waals surface area contributed by atoms with Crippen LogP contribution in [-0.4, -0.2) is 44.7 Å². The van der Waals surface area contributed by atoms with Gasteiger partial charge in [0.25, 0.3) is 0 Å². The van der Waals surface area contributed by atoms with E-state index in [0.29, 0.717) is 30.1 Å². The Bertz CT molecular complexity index is 637. The lowest BCUT2D eigenvalue weighted by molar-refractivity contribution is -0.223. The van der Waals surface area contributed by atoms with Crippen LogP contribution in [0.15, 0.2) is 0 Å². The van der Waals surface area contributed by atoms with Crippen molar-refractivity contribution in [3.8, 4) is 0 Å². The lowest BCUT2D eigenvalue weighted by Crippen LogP contribution is -2.64. The van der Waals surface area contributed by atoms with Gasteiger partial charge in [0.15, 0.2) is 0 Å². The minimum atomic E-state index is -0.748. The molecule has 0 radical (unpaired) electrons. The molecule has 5 nitrogen and oxygen atoms in total. The third kappa shape index (κ3) is 3.27. The van der Waals surface area contributed by atoms with Gasteiger partial charge in [0.1, 0.15) is 0 Å². The van der Waals surface area contributed by atoms with Crippen molar-refractivity contribution in [2.24, 2.45) is 46.3 Å². The lowest BCUT2D eigenvalue weighted by atomic mass is 9.43. The fraction of sp³-hybridized carbons (Fsp3) is 0.958. The summed E-state index contributed by atoms with van der Waals surface area (Å²) in [7, 11) is 0. The van der Waals surface area contributed by atoms with Crippen LogP contribution < -0.4 is 0 Å². The smallest absolute Gasteiger partial charge is 0.303 e. The molecule has 166 valence electrons. The van der Waals surface area contributed by atoms with Gasteiger partial charge >= 0.3 is 5.97 Å². The van der Waals surface area contributed by atoms with E-state index in [0.717, 1.165) is 44.9 Å². The zero-order valence-corrected chi connectivity index (χ0v) is 18.3. The Morgan fingerprint density at radius 3 is 2.28 bits per heavy atom. The Balaban J connectivity index is 1.59. The first-order chi connectivity index (χ1) is 13.6. The summed E-state index contributed by atoms with van der Waals surface area (Å²) >= 11 is 0. The van der Waals surface area contributed by atoms with Gasteiger partial charge in [0.2, 0.25) is 0 Å². The van der Waals surface area contributed by atoms with Crippen LogP contribution >= 0.6 is 0 Å². The molecular formula is C24H40O5. The van der Waals surface area contributed by atoms with Gasteiger partial charge in [0, 0.05) is 6.42 Å². The average molecular weight is 409 g/mol. The molecule has 4 fully saturated rings. The third-order valence-corrected chi connectivity index (χ3v) is 10.3. The summed E-state index contributed by atoms with van der Waals surface area (Å²) in [5.74, 6) is 1.06. The summed E-state index contributed by atoms with van der Waals surface area (Å²) in [5.41, 5.74) is 0.119. The minimum absolute atomic E-state index is 0.00309. The first-order valence-electron chi connectivity index (χ1n) is 11.9. The summed E-state index contributed by atoms with van der Waals surface area (Å²) < 4.78 is 0. The third-order valence-electron chi connectivity index (χ3n) is 10.3. The summed E-state index contributed by atoms with van der Waals surface area (Å²) in [4.78, 5) is 11.1. The first-order valence-corrected chi connectivity index (χ1v) is 11.9. The standard InChI is InChI=1S/C24H40O5/c1-13(4-7-19(26)27)15-5-6-16-20-17(9-11-23(15,16)2)24(3)10-8-14(25)12-18(24)21(28)22(20)29/h13-18,20-22,25,28-29H,4-12H2,1-3H3,(H,26,27)/t13?,14-,15-,16+,17+,18+,20+,21+,22+,23-,24-/m1/s1. The Morgan fingerprint density at radius 1 is 0.931 bits per heavy atom. The van der Waals surface area contributed by atoms with Gasteiger partial charge in [-0.2, -0.15) is 0 Å². The van der Waals surface area contributed by atoms with Crippen LogP contribution in [0, 0.1) is 46.3 Å². The van der Waals surface area contributed by atoms with Crippen molar-refractivity contribution >= 4 is 5.97 Å². The molecule has 4 N–H and O–H groups in total. The van der Waals surface area contributed by atoms with Crippen molar-refractivity contribution in [2.45, 2.75) is 96.9 Å². The summed E-state index contributed by atoms with van der Waals surface area (Å²) in [6, 6.07) is 0. The molecule has 4 aliphatic carbocycles. The average Bonchev–Trinajstić information content (AvgIpc) is 3.02. The molecule has 4 saturated carbocycles. The predicted molar refractivity (Wildman–Crippen MR) is 110 cm³/mol. The Hall–Kier alpha value is -0.650. The molecule has 0 aliphatic heterocycles. The lowest BCUT2D eigenvalue weighted by Gasteiger charge is -2.63. The fourth-order valence-electron chi connectivity index (χ4n) is 8.77. The number of carboxylic acids is 1. The van der Waals surface area contributed by atoms with Crippen LogP contribution in [0.1, 0.15) is 78.6 Å². The maximum Gasteiger partial charge on any atom is 0.303 e. The van der Waals surface area contributed by atoms with Crippen molar-refractivity contribution in [3.63, 3.8) is 0 Å². The van der Waals surface area contributed by atoms with Gasteiger partial charge in [-0.1, -0.05) is 20.8 Å². The van der Waals surface area contributed by atoms with E-state index in [1.54, 1.807) is 0 Å². The second-order valence-corrected chi connectivity index (χ2v) is 11.5. The number of carbonyl (C=O) groups is 1. The van der Waals surface area contributed by atoms with Gasteiger partial charge in [-0.3, -0.25) is 4.79 Å². The zero-order chi connectivity index (χ0) is 21.1. The second-order valence-electron chi connectivity index (χ2n) is 11.5. The monoisotopic (exact) mass is 408 g/mol. The van der Waals surface area contributed by atoms with E-state index in [-0.39, 0.29) is 35.2 Å². The highest BCUT2D eigenvalue weighted by atomic mass is 16.4. The quantitative estimate of drug-likeness (QED) is 0.571. The number of fused-ring (bicyclic) bond motifs is 5. The highest BCUT2D eigenvalue weighted by Gasteiger charge is 2.65. The number of aliphatic hydroxyl groups is 3. The Morgan fingerprint density at radius 2 is 1.59 bits per heavy atom. The maximum absolute atomic E-state index is 11.3. The van der Waals surface area contributed by atoms with Crippen LogP contribution in [0.3, 0.4) is 0 Å². The van der Waals surface area contributed by atoms with E-state index >= 15 is 0 Å². The topological polar surface area (TPSA) is 98.0 Å². The molecule has 1 unspecified atom stereocenters. The van der Waals surface area contributed by atoms with Crippen molar-refractivity contribution in [2.75, 3.05) is 0 Å². The summed E-state index contributed by atoms with van der Waals surface area (Å²) in [6.07, 6.45) is 5.87. The molecular weight excluding hydrogens is 368 g/mol. The van der Waals surface area contributed by atoms with E-state index in [4.69, 9.17) is 5.11 Å². The number of hydrogen-bond donors (Lipinski definition) is 4.